The molecule has 1 aliphatic rings. The fourth-order valence-corrected chi connectivity index (χ4v) is 3.99. The summed E-state index contributed by atoms with van der Waals surface area (Å²) in [6.07, 6.45) is -0.221. The maximum absolute atomic E-state index is 13.8. The zero-order chi connectivity index (χ0) is 24.7. The lowest BCUT2D eigenvalue weighted by Gasteiger charge is -2.40. The van der Waals surface area contributed by atoms with Gasteiger partial charge in [-0.05, 0) is 49.1 Å². The van der Waals surface area contributed by atoms with Crippen LogP contribution in [0.4, 0.5) is 14.9 Å². The van der Waals surface area contributed by atoms with Crippen molar-refractivity contribution >= 4 is 35.2 Å². The number of nitrogens with two attached hydrogens (primary N) is 1. The molecule has 3 rings (SSSR count). The number of carbonyl (C=O) groups excluding carboxylic acids is 3. The molecule has 1 aliphatic heterocycles. The van der Waals surface area contributed by atoms with Crippen molar-refractivity contribution in [1.29, 1.82) is 0 Å². The SMILES string of the molecule is Cc1ccc(NC(=O)OCC2(C(=O)NCc3ccccc3Cl)CCN(C(=O)CN)CC2)cc1F. The van der Waals surface area contributed by atoms with Gasteiger partial charge in [0.25, 0.3) is 0 Å². The van der Waals surface area contributed by atoms with Gasteiger partial charge in [-0.2, -0.15) is 0 Å². The van der Waals surface area contributed by atoms with Gasteiger partial charge in [0.05, 0.1) is 12.0 Å². The monoisotopic (exact) mass is 490 g/mol. The molecule has 0 spiro atoms. The topological polar surface area (TPSA) is 114 Å². The normalized spacial score (nSPS) is 14.9. The molecule has 2 aromatic carbocycles. The number of benzene rings is 2. The van der Waals surface area contributed by atoms with Gasteiger partial charge in [-0.1, -0.05) is 35.9 Å². The van der Waals surface area contributed by atoms with Crippen molar-refractivity contribution in [3.63, 3.8) is 0 Å². The molecule has 182 valence electrons. The molecule has 0 aromatic heterocycles. The molecule has 0 radical (unpaired) electrons. The van der Waals surface area contributed by atoms with Crippen molar-refractivity contribution in [3.8, 4) is 0 Å². The van der Waals surface area contributed by atoms with Crippen LogP contribution < -0.4 is 16.4 Å². The van der Waals surface area contributed by atoms with Gasteiger partial charge in [-0.15, -0.1) is 0 Å². The summed E-state index contributed by atoms with van der Waals surface area (Å²) in [6.45, 7) is 2.13. The lowest BCUT2D eigenvalue weighted by atomic mass is 9.78. The Balaban J connectivity index is 1.68. The van der Waals surface area contributed by atoms with Gasteiger partial charge in [-0.3, -0.25) is 14.9 Å². The molecule has 34 heavy (non-hydrogen) atoms. The summed E-state index contributed by atoms with van der Waals surface area (Å²) in [5.41, 5.74) is 5.87. The predicted octanol–water partition coefficient (Wildman–Crippen LogP) is 3.22. The van der Waals surface area contributed by atoms with Crippen molar-refractivity contribution in [2.75, 3.05) is 31.6 Å². The Morgan fingerprint density at radius 2 is 1.88 bits per heavy atom. The number of rotatable bonds is 7. The average Bonchev–Trinajstić information content (AvgIpc) is 2.84. The number of aryl methyl sites for hydroxylation is 1. The number of hydrogen-bond donors (Lipinski definition) is 3. The van der Waals surface area contributed by atoms with Gasteiger partial charge in [0.1, 0.15) is 12.4 Å². The first-order valence-corrected chi connectivity index (χ1v) is 11.3. The van der Waals surface area contributed by atoms with Gasteiger partial charge >= 0.3 is 6.09 Å². The minimum atomic E-state index is -1.04. The molecular weight excluding hydrogens is 463 g/mol. The maximum atomic E-state index is 13.8. The van der Waals surface area contributed by atoms with Gasteiger partial charge in [0.15, 0.2) is 0 Å². The number of halogens is 2. The van der Waals surface area contributed by atoms with Crippen LogP contribution in [-0.4, -0.2) is 49.0 Å². The third kappa shape index (κ3) is 6.24. The van der Waals surface area contributed by atoms with E-state index in [0.29, 0.717) is 36.5 Å². The number of ether oxygens (including phenoxy) is 1. The van der Waals surface area contributed by atoms with Crippen LogP contribution in [0.2, 0.25) is 5.02 Å². The van der Waals surface area contributed by atoms with Gasteiger partial charge < -0.3 is 20.7 Å². The van der Waals surface area contributed by atoms with Crippen LogP contribution in [0.25, 0.3) is 0 Å². The predicted molar refractivity (Wildman–Crippen MR) is 127 cm³/mol. The van der Waals surface area contributed by atoms with E-state index < -0.39 is 17.3 Å². The van der Waals surface area contributed by atoms with Crippen molar-refractivity contribution in [2.45, 2.75) is 26.3 Å². The van der Waals surface area contributed by atoms with E-state index in [1.54, 1.807) is 36.1 Å². The summed E-state index contributed by atoms with van der Waals surface area (Å²) in [5.74, 6) is -0.961. The van der Waals surface area contributed by atoms with E-state index in [0.717, 1.165) is 5.56 Å². The van der Waals surface area contributed by atoms with Crippen LogP contribution in [0, 0.1) is 18.2 Å². The highest BCUT2D eigenvalue weighted by atomic mass is 35.5. The first kappa shape index (κ1) is 25.5. The van der Waals surface area contributed by atoms with E-state index in [9.17, 15) is 18.8 Å². The van der Waals surface area contributed by atoms with Crippen LogP contribution in [0.15, 0.2) is 42.5 Å². The van der Waals surface area contributed by atoms with Crippen LogP contribution in [0.1, 0.15) is 24.0 Å². The summed E-state index contributed by atoms with van der Waals surface area (Å²) in [4.78, 5) is 39.2. The van der Waals surface area contributed by atoms with E-state index >= 15 is 0 Å². The fourth-order valence-electron chi connectivity index (χ4n) is 3.78. The summed E-state index contributed by atoms with van der Waals surface area (Å²) in [5, 5.41) is 5.89. The Bertz CT molecular complexity index is 1060. The molecular formula is C24H28ClFN4O4. The Labute approximate surface area is 202 Å². The van der Waals surface area contributed by atoms with Crippen molar-refractivity contribution in [3.05, 3.63) is 64.4 Å². The van der Waals surface area contributed by atoms with Crippen LogP contribution >= 0.6 is 11.6 Å². The third-order valence-corrected chi connectivity index (χ3v) is 6.39. The van der Waals surface area contributed by atoms with Gasteiger partial charge in [0.2, 0.25) is 11.8 Å². The molecule has 0 atom stereocenters. The van der Waals surface area contributed by atoms with Gasteiger partial charge in [0, 0.05) is 30.3 Å². The molecule has 2 aromatic rings. The lowest BCUT2D eigenvalue weighted by Crippen LogP contribution is -2.53. The molecule has 1 heterocycles. The number of piperidine rings is 1. The molecule has 8 nitrogen and oxygen atoms in total. The number of likely N-dealkylation sites (tertiary alicyclic amines) is 1. The highest BCUT2D eigenvalue weighted by molar-refractivity contribution is 6.31. The molecule has 0 saturated carbocycles. The van der Waals surface area contributed by atoms with Crippen LogP contribution in [0.3, 0.4) is 0 Å². The van der Waals surface area contributed by atoms with E-state index in [4.69, 9.17) is 22.1 Å². The number of nitrogens with zero attached hydrogens (tertiary/aromatic N) is 1. The van der Waals surface area contributed by atoms with E-state index in [1.807, 2.05) is 12.1 Å². The second-order valence-corrected chi connectivity index (χ2v) is 8.71. The zero-order valence-electron chi connectivity index (χ0n) is 18.9. The second-order valence-electron chi connectivity index (χ2n) is 8.30. The highest BCUT2D eigenvalue weighted by Crippen LogP contribution is 2.33. The Morgan fingerprint density at radius 1 is 1.18 bits per heavy atom. The minimum absolute atomic E-state index is 0.113. The summed E-state index contributed by atoms with van der Waals surface area (Å²) < 4.78 is 19.2. The average molecular weight is 491 g/mol. The maximum Gasteiger partial charge on any atom is 0.411 e. The van der Waals surface area contributed by atoms with Crippen molar-refractivity contribution in [1.82, 2.24) is 10.2 Å². The Kier molecular flexibility index (Phi) is 8.46. The van der Waals surface area contributed by atoms with Crippen molar-refractivity contribution in [2.24, 2.45) is 11.1 Å². The molecule has 0 bridgehead atoms. The number of carbonyl (C=O) groups is 3. The molecule has 1 saturated heterocycles. The van der Waals surface area contributed by atoms with Crippen LogP contribution in [0.5, 0.6) is 0 Å². The zero-order valence-corrected chi connectivity index (χ0v) is 19.7. The van der Waals surface area contributed by atoms with E-state index in [1.165, 1.54) is 6.07 Å². The number of anilines is 1. The molecule has 1 fully saturated rings. The fraction of sp³-hybridized carbons (Fsp3) is 0.375. The molecule has 0 aliphatic carbocycles. The standard InChI is InChI=1S/C24H28ClFN4O4/c1-16-6-7-18(12-20(16)26)29-23(33)34-15-24(8-10-30(11-9-24)21(31)13-27)22(32)28-14-17-4-2-3-5-19(17)25/h2-7,12H,8-11,13-15,27H2,1H3,(H,28,32)(H,29,33). The smallest absolute Gasteiger partial charge is 0.411 e. The molecule has 3 amide bonds. The van der Waals surface area contributed by atoms with Crippen molar-refractivity contribution < 1.29 is 23.5 Å². The quantitative estimate of drug-likeness (QED) is 0.551. The summed E-state index contributed by atoms with van der Waals surface area (Å²) in [7, 11) is 0. The molecule has 10 heteroatoms. The van der Waals surface area contributed by atoms with Gasteiger partial charge in [-0.25, -0.2) is 9.18 Å². The lowest BCUT2D eigenvalue weighted by molar-refractivity contribution is -0.142. The van der Waals surface area contributed by atoms with Crippen LogP contribution in [-0.2, 0) is 20.9 Å². The number of hydrogen-bond acceptors (Lipinski definition) is 5. The molecule has 0 unspecified atom stereocenters. The highest BCUT2D eigenvalue weighted by Gasteiger charge is 2.43. The summed E-state index contributed by atoms with van der Waals surface area (Å²) >= 11 is 6.19. The number of nitrogens with one attached hydrogen (secondary N) is 2. The second kappa shape index (κ2) is 11.3. The third-order valence-electron chi connectivity index (χ3n) is 6.02. The Morgan fingerprint density at radius 3 is 2.53 bits per heavy atom. The molecule has 4 N–H and O–H groups in total. The summed E-state index contributed by atoms with van der Waals surface area (Å²) in [6, 6.07) is 11.5. The number of amides is 3. The van der Waals surface area contributed by atoms with E-state index in [-0.39, 0.29) is 37.2 Å². The van der Waals surface area contributed by atoms with E-state index in [2.05, 4.69) is 10.6 Å². The first-order valence-electron chi connectivity index (χ1n) is 10.9. The first-order chi connectivity index (χ1) is 16.2. The largest absolute Gasteiger partial charge is 0.448 e. The minimum Gasteiger partial charge on any atom is -0.448 e. The Hall–Kier alpha value is -3.17.